The van der Waals surface area contributed by atoms with Gasteiger partial charge < -0.3 is 15.4 Å². The van der Waals surface area contributed by atoms with Crippen LogP contribution in [-0.2, 0) is 26.1 Å². The fourth-order valence-electron chi connectivity index (χ4n) is 3.39. The van der Waals surface area contributed by atoms with Gasteiger partial charge in [0.15, 0.2) is 0 Å². The zero-order valence-corrected chi connectivity index (χ0v) is 15.8. The van der Waals surface area contributed by atoms with Crippen LogP contribution in [0.1, 0.15) is 31.2 Å². The molecule has 0 aromatic heterocycles. The molecule has 0 aliphatic carbocycles. The summed E-state index contributed by atoms with van der Waals surface area (Å²) in [6, 6.07) is 6.93. The Kier molecular flexibility index (Phi) is 6.63. The van der Waals surface area contributed by atoms with Gasteiger partial charge in [-0.15, -0.1) is 0 Å². The summed E-state index contributed by atoms with van der Waals surface area (Å²) in [4.78, 5) is 12.5. The molecule has 0 saturated carbocycles. The first-order chi connectivity index (χ1) is 12.6. The molecule has 8 heteroatoms. The first kappa shape index (κ1) is 19.3. The number of rotatable bonds is 6. The molecule has 2 saturated heterocycles. The van der Waals surface area contributed by atoms with Gasteiger partial charge in [-0.2, -0.15) is 4.31 Å². The van der Waals surface area contributed by atoms with Crippen LogP contribution in [0.15, 0.2) is 29.2 Å². The van der Waals surface area contributed by atoms with Crippen LogP contribution in [0.25, 0.3) is 0 Å². The van der Waals surface area contributed by atoms with Gasteiger partial charge >= 0.3 is 0 Å². The molecule has 1 aromatic carbocycles. The Morgan fingerprint density at radius 2 is 2.00 bits per heavy atom. The van der Waals surface area contributed by atoms with Gasteiger partial charge in [-0.3, -0.25) is 4.79 Å². The third-order valence-corrected chi connectivity index (χ3v) is 6.81. The molecule has 2 N–H and O–H groups in total. The van der Waals surface area contributed by atoms with E-state index in [1.807, 2.05) is 0 Å². The summed E-state index contributed by atoms with van der Waals surface area (Å²) in [5.74, 6) is -0.113. The van der Waals surface area contributed by atoms with Gasteiger partial charge in [-0.05, 0) is 24.5 Å². The van der Waals surface area contributed by atoms with Crippen LogP contribution in [0.5, 0.6) is 0 Å². The van der Waals surface area contributed by atoms with Gasteiger partial charge in [0, 0.05) is 38.6 Å². The Balaban J connectivity index is 1.64. The van der Waals surface area contributed by atoms with E-state index in [-0.39, 0.29) is 18.5 Å². The minimum absolute atomic E-state index is 0.0103. The third kappa shape index (κ3) is 4.82. The summed E-state index contributed by atoms with van der Waals surface area (Å²) in [7, 11) is -3.52. The minimum Gasteiger partial charge on any atom is -0.378 e. The second-order valence-corrected chi connectivity index (χ2v) is 8.69. The van der Waals surface area contributed by atoms with E-state index in [1.54, 1.807) is 28.6 Å². The summed E-state index contributed by atoms with van der Waals surface area (Å²) < 4.78 is 32.8. The Labute approximate surface area is 155 Å². The SMILES string of the molecule is O=C(CC1COCCN1)NCc1ccccc1S(=O)(=O)N1CCCCC1. The number of carbonyl (C=O) groups is 1. The minimum atomic E-state index is -3.52. The van der Waals surface area contributed by atoms with E-state index in [0.717, 1.165) is 25.8 Å². The summed E-state index contributed by atoms with van der Waals surface area (Å²) in [6.45, 7) is 3.27. The van der Waals surface area contributed by atoms with Gasteiger partial charge in [0.25, 0.3) is 0 Å². The van der Waals surface area contributed by atoms with E-state index >= 15 is 0 Å². The molecule has 2 fully saturated rings. The number of sulfonamides is 1. The first-order valence-electron chi connectivity index (χ1n) is 9.23. The molecule has 0 bridgehead atoms. The fourth-order valence-corrected chi connectivity index (χ4v) is 5.13. The topological polar surface area (TPSA) is 87.7 Å². The summed E-state index contributed by atoms with van der Waals surface area (Å²) in [5, 5.41) is 6.08. The third-order valence-electron chi connectivity index (χ3n) is 4.81. The number of morpholine rings is 1. The lowest BCUT2D eigenvalue weighted by molar-refractivity contribution is -0.122. The molecule has 0 spiro atoms. The molecule has 7 nitrogen and oxygen atoms in total. The highest BCUT2D eigenvalue weighted by Crippen LogP contribution is 2.23. The molecule has 2 aliphatic heterocycles. The maximum atomic E-state index is 13.0. The van der Waals surface area contributed by atoms with Crippen molar-refractivity contribution in [1.29, 1.82) is 0 Å². The molecule has 1 aromatic rings. The Morgan fingerprint density at radius 3 is 2.73 bits per heavy atom. The Morgan fingerprint density at radius 1 is 1.23 bits per heavy atom. The van der Waals surface area contributed by atoms with Crippen LogP contribution in [0.2, 0.25) is 0 Å². The molecule has 26 heavy (non-hydrogen) atoms. The van der Waals surface area contributed by atoms with E-state index in [9.17, 15) is 13.2 Å². The first-order valence-corrected chi connectivity index (χ1v) is 10.7. The summed E-state index contributed by atoms with van der Waals surface area (Å²) in [6.07, 6.45) is 3.19. The summed E-state index contributed by atoms with van der Waals surface area (Å²) in [5.41, 5.74) is 0.624. The molecule has 2 aliphatic rings. The molecule has 1 unspecified atom stereocenters. The smallest absolute Gasteiger partial charge is 0.243 e. The van der Waals surface area contributed by atoms with E-state index in [1.165, 1.54) is 0 Å². The van der Waals surface area contributed by atoms with Crippen LogP contribution in [0.3, 0.4) is 0 Å². The van der Waals surface area contributed by atoms with Crippen LogP contribution >= 0.6 is 0 Å². The number of benzene rings is 1. The number of nitrogens with one attached hydrogen (secondary N) is 2. The highest BCUT2D eigenvalue weighted by Gasteiger charge is 2.28. The number of amides is 1. The molecule has 144 valence electrons. The number of nitrogens with zero attached hydrogens (tertiary/aromatic N) is 1. The number of ether oxygens (including phenoxy) is 1. The van der Waals surface area contributed by atoms with E-state index in [4.69, 9.17) is 4.74 Å². The fraction of sp³-hybridized carbons (Fsp3) is 0.611. The number of carbonyl (C=O) groups excluding carboxylic acids is 1. The van der Waals surface area contributed by atoms with Gasteiger partial charge in [0.05, 0.1) is 18.1 Å². The van der Waals surface area contributed by atoms with Crippen LogP contribution in [0, 0.1) is 0 Å². The van der Waals surface area contributed by atoms with Crippen molar-refractivity contribution in [3.63, 3.8) is 0 Å². The van der Waals surface area contributed by atoms with E-state index < -0.39 is 10.0 Å². The van der Waals surface area contributed by atoms with Crippen molar-refractivity contribution in [1.82, 2.24) is 14.9 Å². The van der Waals surface area contributed by atoms with Crippen LogP contribution < -0.4 is 10.6 Å². The van der Waals surface area contributed by atoms with Gasteiger partial charge in [0.1, 0.15) is 0 Å². The van der Waals surface area contributed by atoms with E-state index in [0.29, 0.717) is 43.2 Å². The van der Waals surface area contributed by atoms with Crippen molar-refractivity contribution in [2.45, 2.75) is 43.2 Å². The number of hydrogen-bond donors (Lipinski definition) is 2. The lowest BCUT2D eigenvalue weighted by Gasteiger charge is -2.27. The van der Waals surface area contributed by atoms with Crippen molar-refractivity contribution >= 4 is 15.9 Å². The molecular formula is C18H27N3O4S. The molecule has 2 heterocycles. The van der Waals surface area contributed by atoms with Crippen molar-refractivity contribution in [2.75, 3.05) is 32.8 Å². The zero-order chi connectivity index (χ0) is 18.4. The molecule has 1 amide bonds. The second-order valence-electron chi connectivity index (χ2n) is 6.78. The largest absolute Gasteiger partial charge is 0.378 e. The van der Waals surface area contributed by atoms with E-state index in [2.05, 4.69) is 10.6 Å². The Hall–Kier alpha value is -1.48. The Bertz CT molecular complexity index is 711. The second kappa shape index (κ2) is 8.94. The van der Waals surface area contributed by atoms with Gasteiger partial charge in [-0.1, -0.05) is 24.6 Å². The average Bonchev–Trinajstić information content (AvgIpc) is 2.68. The van der Waals surface area contributed by atoms with Crippen molar-refractivity contribution < 1.29 is 17.9 Å². The molecular weight excluding hydrogens is 354 g/mol. The standard InChI is InChI=1S/C18H27N3O4S/c22-18(12-16-14-25-11-8-19-16)20-13-15-6-2-3-7-17(15)26(23,24)21-9-4-1-5-10-21/h2-3,6-7,16,19H,1,4-5,8-14H2,(H,20,22). The lowest BCUT2D eigenvalue weighted by atomic mass is 10.2. The van der Waals surface area contributed by atoms with Crippen molar-refractivity contribution in [3.8, 4) is 0 Å². The predicted molar refractivity (Wildman–Crippen MR) is 98.1 cm³/mol. The zero-order valence-electron chi connectivity index (χ0n) is 14.9. The lowest BCUT2D eigenvalue weighted by Crippen LogP contribution is -2.44. The maximum Gasteiger partial charge on any atom is 0.243 e. The average molecular weight is 381 g/mol. The van der Waals surface area contributed by atoms with Crippen LogP contribution in [-0.4, -0.2) is 57.5 Å². The van der Waals surface area contributed by atoms with Crippen LogP contribution in [0.4, 0.5) is 0 Å². The highest BCUT2D eigenvalue weighted by atomic mass is 32.2. The van der Waals surface area contributed by atoms with Gasteiger partial charge in [-0.25, -0.2) is 8.42 Å². The van der Waals surface area contributed by atoms with Crippen molar-refractivity contribution in [2.24, 2.45) is 0 Å². The highest BCUT2D eigenvalue weighted by molar-refractivity contribution is 7.89. The van der Waals surface area contributed by atoms with Gasteiger partial charge in [0.2, 0.25) is 15.9 Å². The molecule has 1 atom stereocenters. The normalized spacial score (nSPS) is 22.1. The monoisotopic (exact) mass is 381 g/mol. The van der Waals surface area contributed by atoms with Crippen molar-refractivity contribution in [3.05, 3.63) is 29.8 Å². The molecule has 0 radical (unpaired) electrons. The number of hydrogen-bond acceptors (Lipinski definition) is 5. The molecule has 3 rings (SSSR count). The quantitative estimate of drug-likeness (QED) is 0.763. The predicted octanol–water partition coefficient (Wildman–Crippen LogP) is 0.856. The summed E-state index contributed by atoms with van der Waals surface area (Å²) >= 11 is 0. The maximum absolute atomic E-state index is 13.0. The number of piperidine rings is 1.